The van der Waals surface area contributed by atoms with Crippen molar-refractivity contribution >= 4 is 33.0 Å². The molecule has 0 bridgehead atoms. The zero-order chi connectivity index (χ0) is 9.97. The maximum atomic E-state index is 11.8. The molecule has 1 aromatic heterocycles. The number of rotatable bonds is 3. The van der Waals surface area contributed by atoms with Gasteiger partial charge in [-0.05, 0) is 41.0 Å². The minimum Gasteiger partial charge on any atom is -0.316 e. The van der Waals surface area contributed by atoms with Gasteiger partial charge in [0, 0.05) is 23.8 Å². The second-order valence-corrected chi connectivity index (χ2v) is 6.09. The minimum absolute atomic E-state index is 0.246. The highest BCUT2D eigenvalue weighted by Gasteiger charge is 2.22. The summed E-state index contributed by atoms with van der Waals surface area (Å²) < 4.78 is 1.10. The van der Waals surface area contributed by atoms with Crippen LogP contribution in [0.5, 0.6) is 0 Å². The Morgan fingerprint density at radius 3 is 3.07 bits per heavy atom. The second kappa shape index (κ2) is 4.55. The van der Waals surface area contributed by atoms with Crippen molar-refractivity contribution in [2.75, 3.05) is 13.1 Å². The summed E-state index contributed by atoms with van der Waals surface area (Å²) in [4.78, 5) is 12.9. The summed E-state index contributed by atoms with van der Waals surface area (Å²) in [5.74, 6) is 0.625. The molecule has 0 radical (unpaired) electrons. The molecule has 76 valence electrons. The van der Waals surface area contributed by atoms with Gasteiger partial charge in [-0.25, -0.2) is 0 Å². The van der Waals surface area contributed by atoms with Crippen molar-refractivity contribution in [3.8, 4) is 0 Å². The maximum Gasteiger partial charge on any atom is 0.142 e. The van der Waals surface area contributed by atoms with Crippen molar-refractivity contribution in [1.29, 1.82) is 0 Å². The van der Waals surface area contributed by atoms with Gasteiger partial charge in [0.05, 0.1) is 3.79 Å². The molecule has 0 aliphatic carbocycles. The first-order valence-corrected chi connectivity index (χ1v) is 6.34. The fourth-order valence-corrected chi connectivity index (χ4v) is 3.19. The Morgan fingerprint density at radius 1 is 1.64 bits per heavy atom. The highest BCUT2D eigenvalue weighted by atomic mass is 79.9. The summed E-state index contributed by atoms with van der Waals surface area (Å²) in [5, 5.41) is 3.22. The lowest BCUT2D eigenvalue weighted by molar-refractivity contribution is -0.121. The second-order valence-electron chi connectivity index (χ2n) is 3.54. The summed E-state index contributed by atoms with van der Waals surface area (Å²) in [5.41, 5.74) is 0. The lowest BCUT2D eigenvalue weighted by Gasteiger charge is -2.04. The zero-order valence-corrected chi connectivity index (χ0v) is 10.2. The fourth-order valence-electron chi connectivity index (χ4n) is 1.69. The normalized spacial score (nSPS) is 21.4. The maximum absolute atomic E-state index is 11.8. The predicted molar refractivity (Wildman–Crippen MR) is 61.7 cm³/mol. The van der Waals surface area contributed by atoms with Crippen molar-refractivity contribution in [3.63, 3.8) is 0 Å². The van der Waals surface area contributed by atoms with E-state index in [4.69, 9.17) is 0 Å². The average Bonchev–Trinajstić information content (AvgIpc) is 2.75. The van der Waals surface area contributed by atoms with E-state index in [0.717, 1.165) is 28.2 Å². The minimum atomic E-state index is 0.246. The van der Waals surface area contributed by atoms with Crippen LogP contribution in [0.25, 0.3) is 0 Å². The van der Waals surface area contributed by atoms with E-state index in [1.165, 1.54) is 0 Å². The van der Waals surface area contributed by atoms with Crippen LogP contribution in [0.1, 0.15) is 11.3 Å². The first-order valence-electron chi connectivity index (χ1n) is 4.73. The molecule has 0 saturated carbocycles. The predicted octanol–water partition coefficient (Wildman–Crippen LogP) is 2.23. The molecule has 1 saturated heterocycles. The highest BCUT2D eigenvalue weighted by molar-refractivity contribution is 9.11. The van der Waals surface area contributed by atoms with Crippen molar-refractivity contribution in [2.45, 2.75) is 12.8 Å². The van der Waals surface area contributed by atoms with E-state index in [2.05, 4.69) is 21.2 Å². The van der Waals surface area contributed by atoms with Gasteiger partial charge in [-0.2, -0.15) is 0 Å². The fraction of sp³-hybridized carbons (Fsp3) is 0.500. The van der Waals surface area contributed by atoms with Gasteiger partial charge < -0.3 is 5.32 Å². The monoisotopic (exact) mass is 273 g/mol. The molecule has 1 atom stereocenters. The van der Waals surface area contributed by atoms with Crippen LogP contribution >= 0.6 is 27.3 Å². The smallest absolute Gasteiger partial charge is 0.142 e. The molecule has 0 spiro atoms. The lowest BCUT2D eigenvalue weighted by Crippen LogP contribution is -2.19. The van der Waals surface area contributed by atoms with E-state index in [1.807, 2.05) is 12.1 Å². The third kappa shape index (κ3) is 2.43. The van der Waals surface area contributed by atoms with Crippen LogP contribution in [0, 0.1) is 5.92 Å². The number of hydrogen-bond donors (Lipinski definition) is 1. The number of carbonyl (C=O) groups excluding carboxylic acids is 1. The van der Waals surface area contributed by atoms with Crippen LogP contribution in [0.4, 0.5) is 0 Å². The summed E-state index contributed by atoms with van der Waals surface area (Å²) in [6.07, 6.45) is 1.61. The van der Waals surface area contributed by atoms with E-state index in [1.54, 1.807) is 11.3 Å². The average molecular weight is 274 g/mol. The standard InChI is InChI=1S/C10H12BrNOS/c11-10-2-1-8(14-10)5-9(13)7-3-4-12-6-7/h1-2,7,12H,3-6H2. The number of carbonyl (C=O) groups is 1. The first-order chi connectivity index (χ1) is 6.75. The third-order valence-electron chi connectivity index (χ3n) is 2.49. The highest BCUT2D eigenvalue weighted by Crippen LogP contribution is 2.23. The molecule has 1 aromatic rings. The van der Waals surface area contributed by atoms with Gasteiger partial charge >= 0.3 is 0 Å². The van der Waals surface area contributed by atoms with E-state index >= 15 is 0 Å². The van der Waals surface area contributed by atoms with Crippen LogP contribution in [-0.2, 0) is 11.2 Å². The van der Waals surface area contributed by atoms with Gasteiger partial charge in [-0.3, -0.25) is 4.79 Å². The van der Waals surface area contributed by atoms with Crippen LogP contribution < -0.4 is 5.32 Å². The van der Waals surface area contributed by atoms with Crippen LogP contribution in [0.3, 0.4) is 0 Å². The summed E-state index contributed by atoms with van der Waals surface area (Å²) in [7, 11) is 0. The summed E-state index contributed by atoms with van der Waals surface area (Å²) in [6, 6.07) is 4.02. The molecular formula is C10H12BrNOS. The molecule has 0 amide bonds. The van der Waals surface area contributed by atoms with Crippen LogP contribution in [0.15, 0.2) is 15.9 Å². The molecule has 2 nitrogen and oxygen atoms in total. The van der Waals surface area contributed by atoms with E-state index < -0.39 is 0 Å². The van der Waals surface area contributed by atoms with Crippen molar-refractivity contribution in [1.82, 2.24) is 5.32 Å². The van der Waals surface area contributed by atoms with E-state index in [0.29, 0.717) is 12.2 Å². The molecule has 14 heavy (non-hydrogen) atoms. The Balaban J connectivity index is 1.93. The number of thiophene rings is 1. The van der Waals surface area contributed by atoms with Crippen molar-refractivity contribution < 1.29 is 4.79 Å². The van der Waals surface area contributed by atoms with Crippen LogP contribution in [-0.4, -0.2) is 18.9 Å². The van der Waals surface area contributed by atoms with Gasteiger partial charge in [0.2, 0.25) is 0 Å². The molecule has 1 fully saturated rings. The molecule has 2 heterocycles. The van der Waals surface area contributed by atoms with Gasteiger partial charge in [0.25, 0.3) is 0 Å². The number of ketones is 1. The zero-order valence-electron chi connectivity index (χ0n) is 7.75. The molecule has 1 unspecified atom stereocenters. The summed E-state index contributed by atoms with van der Waals surface area (Å²) in [6.45, 7) is 1.86. The Bertz CT molecular complexity index is 331. The molecule has 4 heteroatoms. The first kappa shape index (κ1) is 10.3. The number of halogens is 1. The Morgan fingerprint density at radius 2 is 2.50 bits per heavy atom. The van der Waals surface area contributed by atoms with Gasteiger partial charge in [0.1, 0.15) is 5.78 Å². The van der Waals surface area contributed by atoms with Gasteiger partial charge in [-0.1, -0.05) is 0 Å². The SMILES string of the molecule is O=C(Cc1ccc(Br)s1)C1CCNC1. The van der Waals surface area contributed by atoms with E-state index in [9.17, 15) is 4.79 Å². The van der Waals surface area contributed by atoms with Crippen molar-refractivity contribution in [3.05, 3.63) is 20.8 Å². The third-order valence-corrected chi connectivity index (χ3v) is 4.12. The van der Waals surface area contributed by atoms with Gasteiger partial charge in [-0.15, -0.1) is 11.3 Å². The number of hydrogen-bond acceptors (Lipinski definition) is 3. The van der Waals surface area contributed by atoms with Gasteiger partial charge in [0.15, 0.2) is 0 Å². The Labute approximate surface area is 95.8 Å². The number of Topliss-reactive ketones (excluding diaryl/α,β-unsaturated/α-hetero) is 1. The number of nitrogens with one attached hydrogen (secondary N) is 1. The van der Waals surface area contributed by atoms with Crippen LogP contribution in [0.2, 0.25) is 0 Å². The molecule has 1 aliphatic rings. The molecule has 1 N–H and O–H groups in total. The summed E-state index contributed by atoms with van der Waals surface area (Å²) >= 11 is 5.05. The Kier molecular flexibility index (Phi) is 3.36. The van der Waals surface area contributed by atoms with Crippen molar-refractivity contribution in [2.24, 2.45) is 5.92 Å². The molecular weight excluding hydrogens is 262 g/mol. The lowest BCUT2D eigenvalue weighted by atomic mass is 10.0. The topological polar surface area (TPSA) is 29.1 Å². The van der Waals surface area contributed by atoms with E-state index in [-0.39, 0.29) is 5.92 Å². The Hall–Kier alpha value is -0.190. The quantitative estimate of drug-likeness (QED) is 0.915. The molecule has 0 aromatic carbocycles. The largest absolute Gasteiger partial charge is 0.316 e. The molecule has 2 rings (SSSR count). The molecule has 1 aliphatic heterocycles.